The molecule has 1 amide bonds. The van der Waals surface area contributed by atoms with Crippen LogP contribution in [0.4, 0.5) is 0 Å². The van der Waals surface area contributed by atoms with Gasteiger partial charge in [-0.15, -0.1) is 0 Å². The Kier molecular flexibility index (Phi) is 5.20. The van der Waals surface area contributed by atoms with Crippen molar-refractivity contribution in [2.24, 2.45) is 11.8 Å². The number of aliphatic carboxylic acids is 1. The summed E-state index contributed by atoms with van der Waals surface area (Å²) in [6.07, 6.45) is 3.24. The lowest BCUT2D eigenvalue weighted by molar-refractivity contribution is -0.143. The van der Waals surface area contributed by atoms with E-state index >= 15 is 0 Å². The second-order valence-electron chi connectivity index (χ2n) is 5.57. The number of carboxylic acid groups (broad SMARTS) is 1. The van der Waals surface area contributed by atoms with Crippen molar-refractivity contribution >= 4 is 11.9 Å². The first-order valence-corrected chi connectivity index (χ1v) is 7.34. The molecule has 2 unspecified atom stereocenters. The summed E-state index contributed by atoms with van der Waals surface area (Å²) in [5, 5.41) is 21.5. The highest BCUT2D eigenvalue weighted by molar-refractivity contribution is 5.76. The molecule has 2 atom stereocenters. The van der Waals surface area contributed by atoms with Crippen LogP contribution in [-0.2, 0) is 16.0 Å². The first-order chi connectivity index (χ1) is 10.1. The molecule has 0 saturated heterocycles. The van der Waals surface area contributed by atoms with Crippen LogP contribution in [-0.4, -0.2) is 28.6 Å². The van der Waals surface area contributed by atoms with Gasteiger partial charge in [0.05, 0.1) is 5.92 Å². The van der Waals surface area contributed by atoms with Crippen LogP contribution in [0.25, 0.3) is 0 Å². The zero-order valence-electron chi connectivity index (χ0n) is 11.9. The van der Waals surface area contributed by atoms with Gasteiger partial charge in [-0.05, 0) is 36.8 Å². The number of phenols is 1. The number of aromatic hydroxyl groups is 1. The number of para-hydroxylation sites is 1. The number of benzene rings is 1. The fourth-order valence-electron chi connectivity index (χ4n) is 2.91. The summed E-state index contributed by atoms with van der Waals surface area (Å²) < 4.78 is 0. The molecule has 0 radical (unpaired) electrons. The number of hydrogen-bond acceptors (Lipinski definition) is 3. The average Bonchev–Trinajstić information content (AvgIpc) is 2.93. The molecule has 0 aliphatic heterocycles. The number of rotatable bonds is 6. The van der Waals surface area contributed by atoms with Crippen LogP contribution in [0, 0.1) is 11.8 Å². The van der Waals surface area contributed by atoms with E-state index in [1.807, 2.05) is 6.07 Å². The van der Waals surface area contributed by atoms with Gasteiger partial charge in [-0.25, -0.2) is 0 Å². The SMILES string of the molecule is O=C(CCc1ccccc1O)NCC1CCCC1C(=O)O. The first-order valence-electron chi connectivity index (χ1n) is 7.34. The molecular formula is C16H21NO4. The largest absolute Gasteiger partial charge is 0.508 e. The molecule has 0 heterocycles. The minimum Gasteiger partial charge on any atom is -0.508 e. The molecule has 114 valence electrons. The van der Waals surface area contributed by atoms with Crippen LogP contribution in [0.5, 0.6) is 5.75 Å². The lowest BCUT2D eigenvalue weighted by Gasteiger charge is -2.16. The number of carbonyl (C=O) groups excluding carboxylic acids is 1. The molecule has 0 bridgehead atoms. The molecule has 21 heavy (non-hydrogen) atoms. The molecule has 0 aromatic heterocycles. The Morgan fingerprint density at radius 2 is 2.00 bits per heavy atom. The van der Waals surface area contributed by atoms with Gasteiger partial charge in [0.25, 0.3) is 0 Å². The Balaban J connectivity index is 1.75. The van der Waals surface area contributed by atoms with Crippen LogP contribution >= 0.6 is 0 Å². The van der Waals surface area contributed by atoms with E-state index in [9.17, 15) is 14.7 Å². The Labute approximate surface area is 124 Å². The Hall–Kier alpha value is -2.04. The molecule has 1 aromatic rings. The van der Waals surface area contributed by atoms with Gasteiger partial charge in [0.1, 0.15) is 5.75 Å². The van der Waals surface area contributed by atoms with Gasteiger partial charge in [0.15, 0.2) is 0 Å². The summed E-state index contributed by atoms with van der Waals surface area (Å²) in [5.74, 6) is -0.956. The number of hydrogen-bond donors (Lipinski definition) is 3. The van der Waals surface area contributed by atoms with Crippen molar-refractivity contribution in [1.29, 1.82) is 0 Å². The van der Waals surface area contributed by atoms with Gasteiger partial charge >= 0.3 is 5.97 Å². The van der Waals surface area contributed by atoms with Crippen molar-refractivity contribution in [3.05, 3.63) is 29.8 Å². The Morgan fingerprint density at radius 1 is 1.24 bits per heavy atom. The fraction of sp³-hybridized carbons (Fsp3) is 0.500. The van der Waals surface area contributed by atoms with Crippen molar-refractivity contribution < 1.29 is 19.8 Å². The van der Waals surface area contributed by atoms with E-state index in [-0.39, 0.29) is 23.5 Å². The van der Waals surface area contributed by atoms with E-state index < -0.39 is 5.97 Å². The number of nitrogens with one attached hydrogen (secondary N) is 1. The number of carbonyl (C=O) groups is 2. The van der Waals surface area contributed by atoms with E-state index in [1.54, 1.807) is 18.2 Å². The van der Waals surface area contributed by atoms with Crippen LogP contribution < -0.4 is 5.32 Å². The highest BCUT2D eigenvalue weighted by Gasteiger charge is 2.32. The zero-order valence-corrected chi connectivity index (χ0v) is 11.9. The maximum Gasteiger partial charge on any atom is 0.306 e. The van der Waals surface area contributed by atoms with E-state index in [2.05, 4.69) is 5.32 Å². The van der Waals surface area contributed by atoms with Gasteiger partial charge in [0.2, 0.25) is 5.91 Å². The monoisotopic (exact) mass is 291 g/mol. The number of aryl methyl sites for hydroxylation is 1. The molecular weight excluding hydrogens is 270 g/mol. The van der Waals surface area contributed by atoms with Gasteiger partial charge < -0.3 is 15.5 Å². The lowest BCUT2D eigenvalue weighted by atomic mass is 9.96. The number of amides is 1. The van der Waals surface area contributed by atoms with Crippen molar-refractivity contribution in [2.45, 2.75) is 32.1 Å². The number of phenolic OH excluding ortho intramolecular Hbond substituents is 1. The summed E-state index contributed by atoms with van der Waals surface area (Å²) in [6, 6.07) is 6.96. The van der Waals surface area contributed by atoms with Crippen molar-refractivity contribution in [2.75, 3.05) is 6.54 Å². The fourth-order valence-corrected chi connectivity index (χ4v) is 2.91. The molecule has 1 aromatic carbocycles. The summed E-state index contributed by atoms with van der Waals surface area (Å²) in [6.45, 7) is 0.427. The third-order valence-corrected chi connectivity index (χ3v) is 4.15. The van der Waals surface area contributed by atoms with Crippen LogP contribution in [0.3, 0.4) is 0 Å². The third kappa shape index (κ3) is 4.21. The van der Waals surface area contributed by atoms with Crippen LogP contribution in [0.1, 0.15) is 31.2 Å². The normalized spacial score (nSPS) is 21.1. The molecule has 1 saturated carbocycles. The standard InChI is InChI=1S/C16H21NO4/c18-14-7-2-1-4-11(14)8-9-15(19)17-10-12-5-3-6-13(12)16(20)21/h1-2,4,7,12-13,18H,3,5-6,8-10H2,(H,17,19)(H,20,21). The summed E-state index contributed by atoms with van der Waals surface area (Å²) in [5.41, 5.74) is 0.747. The summed E-state index contributed by atoms with van der Waals surface area (Å²) in [7, 11) is 0. The van der Waals surface area contributed by atoms with Crippen LogP contribution in [0.2, 0.25) is 0 Å². The minimum atomic E-state index is -0.763. The van der Waals surface area contributed by atoms with E-state index in [0.29, 0.717) is 25.8 Å². The highest BCUT2D eigenvalue weighted by atomic mass is 16.4. The summed E-state index contributed by atoms with van der Waals surface area (Å²) in [4.78, 5) is 22.9. The second kappa shape index (κ2) is 7.11. The average molecular weight is 291 g/mol. The maximum atomic E-state index is 11.8. The lowest BCUT2D eigenvalue weighted by Crippen LogP contribution is -2.33. The van der Waals surface area contributed by atoms with Gasteiger partial charge in [-0.2, -0.15) is 0 Å². The molecule has 5 heteroatoms. The van der Waals surface area contributed by atoms with Crippen molar-refractivity contribution in [1.82, 2.24) is 5.32 Å². The molecule has 2 rings (SSSR count). The number of carboxylic acids is 1. The van der Waals surface area contributed by atoms with Gasteiger partial charge in [0, 0.05) is 13.0 Å². The van der Waals surface area contributed by atoms with Crippen molar-refractivity contribution in [3.8, 4) is 5.75 Å². The zero-order chi connectivity index (χ0) is 15.2. The predicted octanol–water partition coefficient (Wildman–Crippen LogP) is 1.94. The van der Waals surface area contributed by atoms with E-state index in [0.717, 1.165) is 18.4 Å². The molecule has 1 aliphatic carbocycles. The second-order valence-corrected chi connectivity index (χ2v) is 5.57. The molecule has 5 nitrogen and oxygen atoms in total. The smallest absolute Gasteiger partial charge is 0.306 e. The molecule has 0 spiro atoms. The first kappa shape index (κ1) is 15.4. The highest BCUT2D eigenvalue weighted by Crippen LogP contribution is 2.31. The maximum absolute atomic E-state index is 11.8. The molecule has 1 aliphatic rings. The van der Waals surface area contributed by atoms with Crippen LogP contribution in [0.15, 0.2) is 24.3 Å². The Bertz CT molecular complexity index is 515. The van der Waals surface area contributed by atoms with Gasteiger partial charge in [-0.3, -0.25) is 9.59 Å². The van der Waals surface area contributed by atoms with E-state index in [4.69, 9.17) is 5.11 Å². The minimum absolute atomic E-state index is 0.0385. The molecule has 3 N–H and O–H groups in total. The third-order valence-electron chi connectivity index (χ3n) is 4.15. The predicted molar refractivity (Wildman–Crippen MR) is 77.9 cm³/mol. The summed E-state index contributed by atoms with van der Waals surface area (Å²) >= 11 is 0. The quantitative estimate of drug-likeness (QED) is 0.747. The topological polar surface area (TPSA) is 86.6 Å². The Morgan fingerprint density at radius 3 is 2.71 bits per heavy atom. The van der Waals surface area contributed by atoms with Gasteiger partial charge in [-0.1, -0.05) is 24.6 Å². The van der Waals surface area contributed by atoms with E-state index in [1.165, 1.54) is 0 Å². The molecule has 1 fully saturated rings. The van der Waals surface area contributed by atoms with Crippen molar-refractivity contribution in [3.63, 3.8) is 0 Å².